The Bertz CT molecular complexity index is 1300. The Morgan fingerprint density at radius 2 is 1.00 bits per heavy atom. The molecular weight excluding hydrogens is 444 g/mol. The van der Waals surface area contributed by atoms with Crippen molar-refractivity contribution in [3.05, 3.63) is 119 Å². The molecule has 4 saturated heterocycles. The molecule has 35 heavy (non-hydrogen) atoms. The summed E-state index contributed by atoms with van der Waals surface area (Å²) in [5.74, 6) is 1.98. The lowest BCUT2D eigenvalue weighted by atomic mass is 9.54. The van der Waals surface area contributed by atoms with Crippen molar-refractivity contribution in [3.8, 4) is 0 Å². The smallest absolute Gasteiger partial charge is 0.0894 e. The molecule has 2 nitrogen and oxygen atoms in total. The molecule has 0 saturated carbocycles. The van der Waals surface area contributed by atoms with Crippen LogP contribution < -0.4 is 0 Å². The Balaban J connectivity index is 1.30. The third-order valence-electron chi connectivity index (χ3n) is 11.4. The molecule has 0 radical (unpaired) electrons. The number of hydrogen-bond acceptors (Lipinski definition) is 2. The van der Waals surface area contributed by atoms with Crippen molar-refractivity contribution < 1.29 is 9.47 Å². The van der Waals surface area contributed by atoms with Gasteiger partial charge >= 0.3 is 0 Å². The Hall–Kier alpha value is -2.46. The Morgan fingerprint density at radius 1 is 0.571 bits per heavy atom. The van der Waals surface area contributed by atoms with Crippen LogP contribution in [-0.2, 0) is 19.6 Å². The predicted molar refractivity (Wildman–Crippen MR) is 138 cm³/mol. The van der Waals surface area contributed by atoms with Crippen LogP contribution in [-0.4, -0.2) is 20.3 Å². The van der Waals surface area contributed by atoms with Crippen molar-refractivity contribution in [1.29, 1.82) is 0 Å². The van der Waals surface area contributed by atoms with Crippen molar-refractivity contribution in [1.82, 2.24) is 0 Å². The number of ether oxygens (including phenoxy) is 2. The summed E-state index contributed by atoms with van der Waals surface area (Å²) in [5, 5.41) is 0.168. The predicted octanol–water partition coefficient (Wildman–Crippen LogP) is 6.30. The minimum atomic E-state index is -1.94. The maximum Gasteiger partial charge on any atom is 0.0894 e. The Morgan fingerprint density at radius 3 is 1.46 bits per heavy atom. The Kier molecular flexibility index (Phi) is 3.42. The second kappa shape index (κ2) is 6.08. The lowest BCUT2D eigenvalue weighted by molar-refractivity contribution is -0.0224. The summed E-state index contributed by atoms with van der Waals surface area (Å²) >= 11 is 0. The van der Waals surface area contributed by atoms with E-state index >= 15 is 0 Å². The number of allylic oxidation sites excluding steroid dienone is 2. The molecule has 3 aromatic rings. The first kappa shape index (κ1) is 19.7. The van der Waals surface area contributed by atoms with E-state index in [2.05, 4.69) is 110 Å². The van der Waals surface area contributed by atoms with E-state index < -0.39 is 8.07 Å². The fourth-order valence-corrected chi connectivity index (χ4v) is 16.2. The molecule has 0 aromatic heterocycles. The molecule has 0 aliphatic carbocycles. The van der Waals surface area contributed by atoms with Gasteiger partial charge in [0.2, 0.25) is 0 Å². The van der Waals surface area contributed by atoms with E-state index in [1.807, 2.05) is 0 Å². The quantitative estimate of drug-likeness (QED) is 0.320. The van der Waals surface area contributed by atoms with Crippen LogP contribution in [0.25, 0.3) is 0 Å². The SMILES string of the molecule is C[Si]1(C)[C@]2(c3ccccc3)C=C[C@@]1(c1ccccc1)[C@H]1[C@H]3O[C@H]([C@@H]4[C@H]3[C@@H]3O[C@H]4c4ccccc43)[C@H]12. The molecule has 9 rings (SSSR count). The summed E-state index contributed by atoms with van der Waals surface area (Å²) in [6, 6.07) is 31.9. The van der Waals surface area contributed by atoms with E-state index in [0.29, 0.717) is 23.7 Å². The van der Waals surface area contributed by atoms with E-state index in [9.17, 15) is 0 Å². The molecule has 0 spiro atoms. The monoisotopic (exact) mass is 474 g/mol. The number of benzene rings is 3. The van der Waals surface area contributed by atoms with Gasteiger partial charge in [0.25, 0.3) is 0 Å². The van der Waals surface area contributed by atoms with Crippen LogP contribution in [0.3, 0.4) is 0 Å². The van der Waals surface area contributed by atoms with Crippen molar-refractivity contribution >= 4 is 8.07 Å². The van der Waals surface area contributed by atoms with Gasteiger partial charge in [0.05, 0.1) is 32.5 Å². The highest BCUT2D eigenvalue weighted by molar-refractivity contribution is 6.86. The molecule has 0 N–H and O–H groups in total. The second-order valence-corrected chi connectivity index (χ2v) is 17.2. The minimum absolute atomic E-state index is 0.0838. The van der Waals surface area contributed by atoms with Gasteiger partial charge < -0.3 is 9.47 Å². The molecule has 6 aliphatic heterocycles. The molecule has 3 heteroatoms. The fourth-order valence-electron chi connectivity index (χ4n) is 10.4. The van der Waals surface area contributed by atoms with Crippen LogP contribution in [0, 0.1) is 23.7 Å². The van der Waals surface area contributed by atoms with Crippen LogP contribution in [0.4, 0.5) is 0 Å². The van der Waals surface area contributed by atoms with Gasteiger partial charge in [-0.25, -0.2) is 0 Å². The van der Waals surface area contributed by atoms with Gasteiger partial charge in [0.15, 0.2) is 0 Å². The van der Waals surface area contributed by atoms with E-state index in [4.69, 9.17) is 9.47 Å². The van der Waals surface area contributed by atoms with Crippen molar-refractivity contribution in [2.45, 2.75) is 47.6 Å². The third-order valence-corrected chi connectivity index (χ3v) is 17.2. The zero-order valence-corrected chi connectivity index (χ0v) is 21.2. The maximum absolute atomic E-state index is 7.19. The first-order valence-corrected chi connectivity index (χ1v) is 16.3. The summed E-state index contributed by atoms with van der Waals surface area (Å²) in [7, 11) is -1.94. The zero-order valence-electron chi connectivity index (χ0n) is 20.2. The Labute approximate surface area is 208 Å². The summed E-state index contributed by atoms with van der Waals surface area (Å²) in [6.45, 7) is 5.36. The third kappa shape index (κ3) is 1.86. The van der Waals surface area contributed by atoms with Crippen LogP contribution >= 0.6 is 0 Å². The van der Waals surface area contributed by atoms with E-state index in [1.54, 1.807) is 0 Å². The first-order chi connectivity index (χ1) is 17.1. The first-order valence-electron chi connectivity index (χ1n) is 13.3. The van der Waals surface area contributed by atoms with E-state index in [-0.39, 0.29) is 34.5 Å². The van der Waals surface area contributed by atoms with Crippen molar-refractivity contribution in [2.75, 3.05) is 0 Å². The van der Waals surface area contributed by atoms with Crippen molar-refractivity contribution in [3.63, 3.8) is 0 Å². The summed E-state index contributed by atoms with van der Waals surface area (Å²) in [5.41, 5.74) is 5.87. The summed E-state index contributed by atoms with van der Waals surface area (Å²) < 4.78 is 14.0. The summed E-state index contributed by atoms with van der Waals surface area (Å²) in [4.78, 5) is 0. The highest BCUT2D eigenvalue weighted by atomic mass is 28.3. The van der Waals surface area contributed by atoms with Crippen molar-refractivity contribution in [2.24, 2.45) is 23.7 Å². The number of fused-ring (bicyclic) bond motifs is 19. The molecule has 174 valence electrons. The average molecular weight is 475 g/mol. The topological polar surface area (TPSA) is 18.5 Å². The fraction of sp³-hybridized carbons (Fsp3) is 0.375. The number of rotatable bonds is 2. The standard InChI is InChI=1S/C32H30O2Si/c1-35(2)31(19-11-5-3-6-12-19)17-18-32(35,20-13-7-4-8-14-20)26-25(31)29-23-24(30(26)34-29)28-22-16-10-9-15-21(22)27(23)33-28/h3-18,23-30H,1-2H3/t23-,24+,25+,26-,27+,28-,29-,30+,31+,32-. The van der Waals surface area contributed by atoms with Gasteiger partial charge in [-0.2, -0.15) is 0 Å². The molecular formula is C32H30O2Si. The van der Waals surface area contributed by atoms with Gasteiger partial charge in [-0.3, -0.25) is 0 Å². The van der Waals surface area contributed by atoms with Crippen LogP contribution in [0.5, 0.6) is 0 Å². The van der Waals surface area contributed by atoms with E-state index in [0.717, 1.165) is 0 Å². The van der Waals surface area contributed by atoms with E-state index in [1.165, 1.54) is 22.3 Å². The normalized spacial score (nSPS) is 46.1. The molecule has 0 unspecified atom stereocenters. The van der Waals surface area contributed by atoms with Crippen LogP contribution in [0.1, 0.15) is 34.5 Å². The number of hydrogen-bond donors (Lipinski definition) is 0. The molecule has 6 aliphatic rings. The second-order valence-electron chi connectivity index (χ2n) is 12.3. The maximum atomic E-state index is 7.19. The zero-order chi connectivity index (χ0) is 23.2. The van der Waals surface area contributed by atoms with Gasteiger partial charge in [0, 0.05) is 33.7 Å². The largest absolute Gasteiger partial charge is 0.373 e. The molecule has 4 fully saturated rings. The van der Waals surface area contributed by atoms with Gasteiger partial charge in [0.1, 0.15) is 0 Å². The molecule has 6 heterocycles. The van der Waals surface area contributed by atoms with Crippen LogP contribution in [0.15, 0.2) is 97.1 Å². The molecule has 6 bridgehead atoms. The average Bonchev–Trinajstić information content (AvgIpc) is 3.71. The molecule has 0 amide bonds. The summed E-state index contributed by atoms with van der Waals surface area (Å²) in [6.07, 6.45) is 6.24. The lowest BCUT2D eigenvalue weighted by Gasteiger charge is -2.46. The molecule has 10 atom stereocenters. The lowest BCUT2D eigenvalue weighted by Crippen LogP contribution is -2.57. The van der Waals surface area contributed by atoms with Gasteiger partial charge in [-0.1, -0.05) is 110 Å². The minimum Gasteiger partial charge on any atom is -0.373 e. The van der Waals surface area contributed by atoms with Crippen LogP contribution in [0.2, 0.25) is 13.1 Å². The van der Waals surface area contributed by atoms with Gasteiger partial charge in [-0.15, -0.1) is 0 Å². The van der Waals surface area contributed by atoms with Gasteiger partial charge in [-0.05, 0) is 22.3 Å². The molecule has 3 aromatic carbocycles. The highest BCUT2D eigenvalue weighted by Gasteiger charge is 2.84. The highest BCUT2D eigenvalue weighted by Crippen LogP contribution is 2.79.